The molecule has 4 amide bonds. The van der Waals surface area contributed by atoms with E-state index in [1.807, 2.05) is 6.07 Å². The van der Waals surface area contributed by atoms with Crippen molar-refractivity contribution < 1.29 is 14.4 Å². The summed E-state index contributed by atoms with van der Waals surface area (Å²) in [6.45, 7) is 2.36. The lowest BCUT2D eigenvalue weighted by Gasteiger charge is -2.22. The summed E-state index contributed by atoms with van der Waals surface area (Å²) < 4.78 is 0. The average Bonchev–Trinajstić information content (AvgIpc) is 3.01. The number of urea groups is 1. The van der Waals surface area contributed by atoms with Crippen molar-refractivity contribution in [3.05, 3.63) is 65.2 Å². The number of nitrogens with zero attached hydrogens (tertiary/aromatic N) is 2. The molecule has 0 unspecified atom stereocenters. The number of hydrogen-bond acceptors (Lipinski definition) is 3. The van der Waals surface area contributed by atoms with Crippen LogP contribution in [0.5, 0.6) is 0 Å². The molecule has 1 heterocycles. The summed E-state index contributed by atoms with van der Waals surface area (Å²) in [6.07, 6.45) is 0.929. The van der Waals surface area contributed by atoms with Crippen LogP contribution in [0.4, 0.5) is 10.5 Å². The Morgan fingerprint density at radius 2 is 1.63 bits per heavy atom. The molecule has 1 fully saturated rings. The van der Waals surface area contributed by atoms with Crippen LogP contribution in [0.25, 0.3) is 0 Å². The molecular formula is C22H25ClN4O3. The second-order valence-corrected chi connectivity index (χ2v) is 7.47. The molecule has 2 N–H and O–H groups in total. The number of carbonyl (C=O) groups excluding carboxylic acids is 3. The van der Waals surface area contributed by atoms with Crippen LogP contribution in [0.1, 0.15) is 23.2 Å². The standard InChI is InChI=1S/C22H25ClN4O3/c23-18-8-4-9-19(16-18)25-22(30)27-13-5-12-26(14-15-27)20(28)10-11-24-21(29)17-6-2-1-3-7-17/h1-4,6-9,16H,5,10-15H2,(H,24,29)(H,25,30). The van der Waals surface area contributed by atoms with Crippen LogP contribution in [-0.2, 0) is 4.79 Å². The Labute approximate surface area is 181 Å². The molecule has 7 nitrogen and oxygen atoms in total. The number of carbonyl (C=O) groups is 3. The lowest BCUT2D eigenvalue weighted by atomic mass is 10.2. The first-order valence-corrected chi connectivity index (χ1v) is 10.3. The van der Waals surface area contributed by atoms with E-state index in [0.717, 1.165) is 0 Å². The molecule has 2 aromatic carbocycles. The Morgan fingerprint density at radius 3 is 2.40 bits per heavy atom. The third kappa shape index (κ3) is 6.22. The minimum Gasteiger partial charge on any atom is -0.352 e. The van der Waals surface area contributed by atoms with Gasteiger partial charge in [0.05, 0.1) is 0 Å². The molecule has 0 aliphatic carbocycles. The van der Waals surface area contributed by atoms with Gasteiger partial charge < -0.3 is 20.4 Å². The van der Waals surface area contributed by atoms with Gasteiger partial charge in [0.1, 0.15) is 0 Å². The number of nitrogens with one attached hydrogen (secondary N) is 2. The molecule has 2 aromatic rings. The van der Waals surface area contributed by atoms with Gasteiger partial charge in [-0.1, -0.05) is 35.9 Å². The van der Waals surface area contributed by atoms with E-state index in [9.17, 15) is 14.4 Å². The van der Waals surface area contributed by atoms with Crippen LogP contribution in [0, 0.1) is 0 Å². The minimum absolute atomic E-state index is 0.0274. The Bertz CT molecular complexity index is 891. The predicted molar refractivity (Wildman–Crippen MR) is 117 cm³/mol. The molecule has 8 heteroatoms. The van der Waals surface area contributed by atoms with Crippen molar-refractivity contribution in [1.82, 2.24) is 15.1 Å². The first-order chi connectivity index (χ1) is 14.5. The monoisotopic (exact) mass is 428 g/mol. The second-order valence-electron chi connectivity index (χ2n) is 7.03. The number of amides is 4. The van der Waals surface area contributed by atoms with E-state index in [1.54, 1.807) is 58.3 Å². The van der Waals surface area contributed by atoms with E-state index in [-0.39, 0.29) is 30.8 Å². The molecule has 1 saturated heterocycles. The Morgan fingerprint density at radius 1 is 0.900 bits per heavy atom. The zero-order chi connectivity index (χ0) is 21.3. The molecule has 0 radical (unpaired) electrons. The van der Waals surface area contributed by atoms with Crippen LogP contribution < -0.4 is 10.6 Å². The normalized spacial score (nSPS) is 14.0. The van der Waals surface area contributed by atoms with E-state index in [2.05, 4.69) is 10.6 Å². The SMILES string of the molecule is O=C(NCCC(=O)N1CCCN(C(=O)Nc2cccc(Cl)c2)CC1)c1ccccc1. The highest BCUT2D eigenvalue weighted by Gasteiger charge is 2.22. The first kappa shape index (κ1) is 21.6. The second kappa shape index (κ2) is 10.6. The molecule has 158 valence electrons. The summed E-state index contributed by atoms with van der Waals surface area (Å²) in [6, 6.07) is 15.7. The van der Waals surface area contributed by atoms with Crippen LogP contribution >= 0.6 is 11.6 Å². The molecule has 30 heavy (non-hydrogen) atoms. The van der Waals surface area contributed by atoms with E-state index >= 15 is 0 Å². The molecular weight excluding hydrogens is 404 g/mol. The number of rotatable bonds is 5. The van der Waals surface area contributed by atoms with Crippen LogP contribution in [0.2, 0.25) is 5.02 Å². The third-order valence-corrected chi connectivity index (χ3v) is 5.11. The maximum atomic E-state index is 12.5. The molecule has 0 saturated carbocycles. The lowest BCUT2D eigenvalue weighted by Crippen LogP contribution is -2.40. The highest BCUT2D eigenvalue weighted by atomic mass is 35.5. The van der Waals surface area contributed by atoms with E-state index in [4.69, 9.17) is 11.6 Å². The Balaban J connectivity index is 1.43. The maximum absolute atomic E-state index is 12.5. The lowest BCUT2D eigenvalue weighted by molar-refractivity contribution is -0.130. The quantitative estimate of drug-likeness (QED) is 0.767. The largest absolute Gasteiger partial charge is 0.352 e. The summed E-state index contributed by atoms with van der Waals surface area (Å²) >= 11 is 5.95. The number of halogens is 1. The van der Waals surface area contributed by atoms with Gasteiger partial charge in [-0.25, -0.2) is 4.79 Å². The zero-order valence-electron chi connectivity index (χ0n) is 16.6. The first-order valence-electron chi connectivity index (χ1n) is 9.95. The summed E-state index contributed by atoms with van der Waals surface area (Å²) in [4.78, 5) is 40.5. The third-order valence-electron chi connectivity index (χ3n) is 4.87. The Hall–Kier alpha value is -3.06. The van der Waals surface area contributed by atoms with Crippen molar-refractivity contribution in [2.24, 2.45) is 0 Å². The van der Waals surface area contributed by atoms with Gasteiger partial charge in [0.2, 0.25) is 5.91 Å². The molecule has 1 aliphatic rings. The van der Waals surface area contributed by atoms with Gasteiger partial charge in [-0.15, -0.1) is 0 Å². The smallest absolute Gasteiger partial charge is 0.321 e. The molecule has 1 aliphatic heterocycles. The van der Waals surface area contributed by atoms with Gasteiger partial charge >= 0.3 is 6.03 Å². The Kier molecular flexibility index (Phi) is 7.68. The van der Waals surface area contributed by atoms with Crippen LogP contribution in [0.3, 0.4) is 0 Å². The van der Waals surface area contributed by atoms with E-state index in [0.29, 0.717) is 48.9 Å². The van der Waals surface area contributed by atoms with Crippen LogP contribution in [0.15, 0.2) is 54.6 Å². The van der Waals surface area contributed by atoms with Crippen LogP contribution in [-0.4, -0.2) is 60.4 Å². The average molecular weight is 429 g/mol. The predicted octanol–water partition coefficient (Wildman–Crippen LogP) is 3.23. The summed E-state index contributed by atoms with van der Waals surface area (Å²) in [5.74, 6) is -0.219. The van der Waals surface area contributed by atoms with Gasteiger partial charge in [-0.3, -0.25) is 9.59 Å². The molecule has 0 spiro atoms. The zero-order valence-corrected chi connectivity index (χ0v) is 17.4. The highest BCUT2D eigenvalue weighted by molar-refractivity contribution is 6.30. The van der Waals surface area contributed by atoms with Crippen molar-refractivity contribution in [3.8, 4) is 0 Å². The molecule has 3 rings (SSSR count). The highest BCUT2D eigenvalue weighted by Crippen LogP contribution is 2.16. The van der Waals surface area contributed by atoms with Gasteiger partial charge in [-0.05, 0) is 36.8 Å². The van der Waals surface area contributed by atoms with Crippen molar-refractivity contribution >= 4 is 35.1 Å². The van der Waals surface area contributed by atoms with E-state index < -0.39 is 0 Å². The number of benzene rings is 2. The molecule has 0 aromatic heterocycles. The van der Waals surface area contributed by atoms with Gasteiger partial charge in [0, 0.05) is 55.4 Å². The fraction of sp³-hybridized carbons (Fsp3) is 0.318. The topological polar surface area (TPSA) is 81.8 Å². The van der Waals surface area contributed by atoms with Crippen molar-refractivity contribution in [2.45, 2.75) is 12.8 Å². The summed E-state index contributed by atoms with van der Waals surface area (Å²) in [5, 5.41) is 6.17. The maximum Gasteiger partial charge on any atom is 0.321 e. The number of anilines is 1. The minimum atomic E-state index is -0.207. The van der Waals surface area contributed by atoms with Crippen molar-refractivity contribution in [3.63, 3.8) is 0 Å². The van der Waals surface area contributed by atoms with Gasteiger partial charge in [-0.2, -0.15) is 0 Å². The fourth-order valence-electron chi connectivity index (χ4n) is 3.27. The van der Waals surface area contributed by atoms with Crippen molar-refractivity contribution in [1.29, 1.82) is 0 Å². The fourth-order valence-corrected chi connectivity index (χ4v) is 3.46. The van der Waals surface area contributed by atoms with Gasteiger partial charge in [0.25, 0.3) is 5.91 Å². The number of hydrogen-bond donors (Lipinski definition) is 2. The summed E-state index contributed by atoms with van der Waals surface area (Å²) in [7, 11) is 0. The van der Waals surface area contributed by atoms with E-state index in [1.165, 1.54) is 0 Å². The molecule has 0 bridgehead atoms. The molecule has 0 atom stereocenters. The van der Waals surface area contributed by atoms with Crippen molar-refractivity contribution in [2.75, 3.05) is 38.0 Å². The summed E-state index contributed by atoms with van der Waals surface area (Å²) in [5.41, 5.74) is 1.21. The van der Waals surface area contributed by atoms with Gasteiger partial charge in [0.15, 0.2) is 0 Å².